The van der Waals surface area contributed by atoms with E-state index in [1.54, 1.807) is 6.20 Å². The monoisotopic (exact) mass is 421 g/mol. The third-order valence-corrected chi connectivity index (χ3v) is 5.40. The van der Waals surface area contributed by atoms with Crippen molar-refractivity contribution in [1.82, 2.24) is 24.9 Å². The molecule has 4 N–H and O–H groups in total. The number of hydrogen-bond acceptors (Lipinski definition) is 6. The molecule has 4 heterocycles. The number of halogens is 2. The van der Waals surface area contributed by atoms with Gasteiger partial charge < -0.3 is 15.6 Å². The van der Waals surface area contributed by atoms with E-state index in [2.05, 4.69) is 31.0 Å². The van der Waals surface area contributed by atoms with E-state index >= 15 is 0 Å². The Morgan fingerprint density at radius 2 is 2.00 bits per heavy atom. The quantitative estimate of drug-likeness (QED) is 0.504. The van der Waals surface area contributed by atoms with Crippen LogP contribution in [0.25, 0.3) is 11.0 Å². The van der Waals surface area contributed by atoms with Gasteiger partial charge in [-0.2, -0.15) is 0 Å². The summed E-state index contributed by atoms with van der Waals surface area (Å²) in [6.07, 6.45) is 6.63. The predicted octanol–water partition coefficient (Wildman–Crippen LogP) is 2.50. The number of carbonyl (C=O) groups is 1. The highest BCUT2D eigenvalue weighted by atomic mass is 35.5. The lowest BCUT2D eigenvalue weighted by Crippen LogP contribution is -2.62. The number of amides is 1. The summed E-state index contributed by atoms with van der Waals surface area (Å²) >= 11 is 6.33. The van der Waals surface area contributed by atoms with Crippen molar-refractivity contribution in [2.45, 2.75) is 31.3 Å². The molecular formula is C17H17Cl2N7O2. The van der Waals surface area contributed by atoms with Crippen LogP contribution in [0.15, 0.2) is 29.5 Å². The van der Waals surface area contributed by atoms with Crippen LogP contribution in [0.1, 0.15) is 36.2 Å². The van der Waals surface area contributed by atoms with Crippen molar-refractivity contribution in [2.75, 3.05) is 10.7 Å². The zero-order valence-electron chi connectivity index (χ0n) is 14.6. The molecule has 1 spiro atoms. The Bertz CT molecular complexity index is 1130. The topological polar surface area (TPSA) is 117 Å². The van der Waals surface area contributed by atoms with Crippen LogP contribution in [-0.4, -0.2) is 31.2 Å². The number of anilines is 2. The minimum atomic E-state index is -0.599. The molecule has 0 saturated heterocycles. The van der Waals surface area contributed by atoms with Crippen LogP contribution >= 0.6 is 24.0 Å². The van der Waals surface area contributed by atoms with Gasteiger partial charge in [-0.05, 0) is 37.8 Å². The highest BCUT2D eigenvalue weighted by Crippen LogP contribution is 2.32. The summed E-state index contributed by atoms with van der Waals surface area (Å²) in [6.45, 7) is 0. The number of hydrogen-bond donors (Lipinski definition) is 4. The standard InChI is InChI=1S/C17H16ClN7O2.ClH/c18-10-7-11(22-14-9-3-6-19-13(9)20-8-21-14)16(27)25-12(10)15(26)23-17(24-25)4-1-2-5-17;/h3,6-8,24H,1-2,4-5H2,(H,23,26)(H2,19,20,21,22);1H. The minimum absolute atomic E-state index is 0. The van der Waals surface area contributed by atoms with Gasteiger partial charge in [0.1, 0.15) is 34.8 Å². The van der Waals surface area contributed by atoms with Crippen LogP contribution in [0.3, 0.4) is 0 Å². The minimum Gasteiger partial charge on any atom is -0.346 e. The molecule has 3 aromatic heterocycles. The number of rotatable bonds is 2. The molecule has 0 aromatic carbocycles. The van der Waals surface area contributed by atoms with Gasteiger partial charge in [0.15, 0.2) is 0 Å². The molecule has 9 nitrogen and oxygen atoms in total. The maximum Gasteiger partial charge on any atom is 0.293 e. The van der Waals surface area contributed by atoms with Crippen LogP contribution < -0.4 is 21.6 Å². The normalized spacial score (nSPS) is 17.0. The van der Waals surface area contributed by atoms with Gasteiger partial charge in [-0.3, -0.25) is 15.0 Å². The fourth-order valence-electron chi connectivity index (χ4n) is 3.83. The maximum absolute atomic E-state index is 13.1. The molecule has 0 unspecified atom stereocenters. The van der Waals surface area contributed by atoms with E-state index in [1.807, 2.05) is 6.07 Å². The first kappa shape index (κ1) is 18.6. The summed E-state index contributed by atoms with van der Waals surface area (Å²) in [5.41, 5.74) is 3.17. The van der Waals surface area contributed by atoms with Crippen molar-refractivity contribution in [2.24, 2.45) is 0 Å². The van der Waals surface area contributed by atoms with Crippen LogP contribution in [0.2, 0.25) is 5.02 Å². The SMILES string of the molecule is Cl.O=C1NC2(CCCC2)Nn2c1c(Cl)cc(Nc1ncnc3[nH]ccc13)c2=O. The molecule has 1 aliphatic carbocycles. The molecule has 11 heteroatoms. The molecule has 1 amide bonds. The third-order valence-electron chi connectivity index (χ3n) is 5.11. The van der Waals surface area contributed by atoms with Crippen LogP contribution in [0.5, 0.6) is 0 Å². The molecule has 3 aromatic rings. The highest BCUT2D eigenvalue weighted by Gasteiger charge is 2.41. The van der Waals surface area contributed by atoms with E-state index in [0.717, 1.165) is 31.1 Å². The summed E-state index contributed by atoms with van der Waals surface area (Å²) in [4.78, 5) is 37.0. The second-order valence-electron chi connectivity index (χ2n) is 6.84. The number of nitrogens with zero attached hydrogens (tertiary/aromatic N) is 3. The summed E-state index contributed by atoms with van der Waals surface area (Å²) in [5, 5.41) is 6.91. The van der Waals surface area contributed by atoms with E-state index in [0.29, 0.717) is 11.5 Å². The molecule has 0 atom stereocenters. The maximum atomic E-state index is 13.1. The van der Waals surface area contributed by atoms with E-state index in [9.17, 15) is 9.59 Å². The van der Waals surface area contributed by atoms with Crippen molar-refractivity contribution in [3.63, 3.8) is 0 Å². The number of aromatic nitrogens is 4. The van der Waals surface area contributed by atoms with E-state index in [-0.39, 0.29) is 34.7 Å². The molecule has 1 saturated carbocycles. The number of pyridine rings is 1. The van der Waals surface area contributed by atoms with Gasteiger partial charge >= 0.3 is 0 Å². The first-order valence-electron chi connectivity index (χ1n) is 8.68. The fourth-order valence-corrected chi connectivity index (χ4v) is 4.10. The molecule has 5 rings (SSSR count). The van der Waals surface area contributed by atoms with E-state index in [1.165, 1.54) is 17.1 Å². The Morgan fingerprint density at radius 1 is 1.21 bits per heavy atom. The molecule has 0 bridgehead atoms. The smallest absolute Gasteiger partial charge is 0.293 e. The average molecular weight is 422 g/mol. The molecule has 146 valence electrons. The zero-order valence-corrected chi connectivity index (χ0v) is 16.2. The molecule has 0 radical (unpaired) electrons. The first-order valence-corrected chi connectivity index (χ1v) is 9.05. The van der Waals surface area contributed by atoms with Gasteiger partial charge in [0.05, 0.1) is 10.4 Å². The molecule has 28 heavy (non-hydrogen) atoms. The number of carbonyl (C=O) groups excluding carboxylic acids is 1. The Balaban J connectivity index is 0.00000192. The Kier molecular flexibility index (Phi) is 4.43. The molecule has 2 aliphatic rings. The van der Waals surface area contributed by atoms with Gasteiger partial charge in [-0.25, -0.2) is 14.6 Å². The zero-order chi connectivity index (χ0) is 18.6. The van der Waals surface area contributed by atoms with E-state index in [4.69, 9.17) is 11.6 Å². The lowest BCUT2D eigenvalue weighted by Gasteiger charge is -2.38. The van der Waals surface area contributed by atoms with Gasteiger partial charge in [0.25, 0.3) is 11.5 Å². The summed E-state index contributed by atoms with van der Waals surface area (Å²) in [6, 6.07) is 3.26. The van der Waals surface area contributed by atoms with Crippen molar-refractivity contribution < 1.29 is 4.79 Å². The number of fused-ring (bicyclic) bond motifs is 2. The van der Waals surface area contributed by atoms with Crippen LogP contribution in [0.4, 0.5) is 11.5 Å². The summed E-state index contributed by atoms with van der Waals surface area (Å²) in [5.74, 6) is 0.130. The Hall–Kier alpha value is -2.78. The second-order valence-corrected chi connectivity index (χ2v) is 7.24. The van der Waals surface area contributed by atoms with Crippen molar-refractivity contribution in [3.8, 4) is 0 Å². The molecular weight excluding hydrogens is 405 g/mol. The van der Waals surface area contributed by atoms with Gasteiger partial charge in [0.2, 0.25) is 0 Å². The average Bonchev–Trinajstić information content (AvgIpc) is 3.29. The largest absolute Gasteiger partial charge is 0.346 e. The highest BCUT2D eigenvalue weighted by molar-refractivity contribution is 6.34. The summed E-state index contributed by atoms with van der Waals surface area (Å²) in [7, 11) is 0. The van der Waals surface area contributed by atoms with Gasteiger partial charge in [-0.15, -0.1) is 12.4 Å². The van der Waals surface area contributed by atoms with Gasteiger partial charge in [-0.1, -0.05) is 11.6 Å². The number of aromatic amines is 1. The summed E-state index contributed by atoms with van der Waals surface area (Å²) < 4.78 is 1.25. The number of H-pyrrole nitrogens is 1. The van der Waals surface area contributed by atoms with Crippen LogP contribution in [0, 0.1) is 0 Å². The van der Waals surface area contributed by atoms with Crippen molar-refractivity contribution in [3.05, 3.63) is 45.7 Å². The first-order chi connectivity index (χ1) is 13.1. The molecule has 1 aliphatic heterocycles. The lowest BCUT2D eigenvalue weighted by molar-refractivity contribution is 0.0869. The lowest BCUT2D eigenvalue weighted by atomic mass is 10.1. The number of nitrogens with one attached hydrogen (secondary N) is 4. The Labute approximate surface area is 170 Å². The van der Waals surface area contributed by atoms with Crippen molar-refractivity contribution >= 4 is 52.5 Å². The fraction of sp³-hybridized carbons (Fsp3) is 0.294. The third kappa shape index (κ3) is 2.78. The van der Waals surface area contributed by atoms with Gasteiger partial charge in [0, 0.05) is 6.20 Å². The Morgan fingerprint density at radius 3 is 2.79 bits per heavy atom. The molecule has 1 fully saturated rings. The van der Waals surface area contributed by atoms with Crippen molar-refractivity contribution in [1.29, 1.82) is 0 Å². The second kappa shape index (κ2) is 6.68. The van der Waals surface area contributed by atoms with E-state index < -0.39 is 11.2 Å². The predicted molar refractivity (Wildman–Crippen MR) is 108 cm³/mol. The van der Waals surface area contributed by atoms with Crippen LogP contribution in [-0.2, 0) is 0 Å².